The predicted molar refractivity (Wildman–Crippen MR) is 128 cm³/mol. The smallest absolute Gasteiger partial charge is 0.326 e. The maximum absolute atomic E-state index is 12.4. The molecule has 2 atom stereocenters. The molecule has 0 aliphatic carbocycles. The molecule has 0 radical (unpaired) electrons. The van der Waals surface area contributed by atoms with Gasteiger partial charge in [0, 0.05) is 24.7 Å². The molecule has 4 N–H and O–H groups in total. The number of aliphatic hydroxyl groups excluding tert-OH is 1. The zero-order valence-corrected chi connectivity index (χ0v) is 19.1. The van der Waals surface area contributed by atoms with Gasteiger partial charge >= 0.3 is 5.69 Å². The van der Waals surface area contributed by atoms with E-state index in [2.05, 4.69) is 9.88 Å². The number of aromatic amines is 1. The Kier molecular flexibility index (Phi) is 7.37. The lowest BCUT2D eigenvalue weighted by Gasteiger charge is -2.34. The van der Waals surface area contributed by atoms with Gasteiger partial charge in [0.15, 0.2) is 0 Å². The number of fused-ring (bicyclic) bond motifs is 1. The Labute approximate surface area is 196 Å². The number of rotatable bonds is 9. The third-order valence-electron chi connectivity index (χ3n) is 5.99. The van der Waals surface area contributed by atoms with Crippen molar-refractivity contribution in [2.75, 3.05) is 26.2 Å². The molecule has 2 heterocycles. The maximum atomic E-state index is 12.4. The van der Waals surface area contributed by atoms with Gasteiger partial charge in [-0.15, -0.1) is 0 Å². The highest BCUT2D eigenvalue weighted by atomic mass is 35.5. The fraction of sp³-hybridized carbons (Fsp3) is 0.417. The number of carbonyl (C=O) groups excluding carboxylic acids is 1. The Morgan fingerprint density at radius 1 is 1.27 bits per heavy atom. The van der Waals surface area contributed by atoms with Crippen LogP contribution in [-0.2, 0) is 17.8 Å². The minimum absolute atomic E-state index is 0.125. The second-order valence-electron chi connectivity index (χ2n) is 8.72. The summed E-state index contributed by atoms with van der Waals surface area (Å²) in [6.07, 6.45) is 1.60. The van der Waals surface area contributed by atoms with Gasteiger partial charge in [0.1, 0.15) is 18.5 Å². The standard InChI is InChI=1S/C24H29ClN4O4/c25-18-5-8-21-22(11-18)29(24(32)27-21)13-17-2-1-9-28(12-17)14-19(30)15-33-20-6-3-16(4-7-20)10-23(26)31/h3-8,11,17,19,30H,1-2,9-10,12-15H2,(H2,26,31)(H,27,32). The average Bonchev–Trinajstić information content (AvgIpc) is 3.07. The van der Waals surface area contributed by atoms with E-state index < -0.39 is 6.10 Å². The number of nitrogens with two attached hydrogens (primary N) is 1. The van der Waals surface area contributed by atoms with Gasteiger partial charge in [-0.2, -0.15) is 0 Å². The lowest BCUT2D eigenvalue weighted by molar-refractivity contribution is -0.117. The molecular formula is C24H29ClN4O4. The van der Waals surface area contributed by atoms with Crippen molar-refractivity contribution in [2.45, 2.75) is 31.9 Å². The van der Waals surface area contributed by atoms with Crippen molar-refractivity contribution >= 4 is 28.5 Å². The molecule has 4 rings (SSSR count). The third-order valence-corrected chi connectivity index (χ3v) is 6.23. The number of imidazole rings is 1. The Bertz CT molecular complexity index is 1160. The number of aliphatic hydroxyl groups is 1. The number of amides is 1. The number of H-pyrrole nitrogens is 1. The summed E-state index contributed by atoms with van der Waals surface area (Å²) in [5.41, 5.74) is 7.51. The summed E-state index contributed by atoms with van der Waals surface area (Å²) in [7, 11) is 0. The zero-order valence-electron chi connectivity index (χ0n) is 18.4. The van der Waals surface area contributed by atoms with Gasteiger partial charge in [-0.25, -0.2) is 4.79 Å². The van der Waals surface area contributed by atoms with Gasteiger partial charge in [-0.3, -0.25) is 9.36 Å². The van der Waals surface area contributed by atoms with Gasteiger partial charge in [-0.1, -0.05) is 23.7 Å². The number of likely N-dealkylation sites (tertiary alicyclic amines) is 1. The van der Waals surface area contributed by atoms with Crippen LogP contribution in [0.5, 0.6) is 5.75 Å². The summed E-state index contributed by atoms with van der Waals surface area (Å²) >= 11 is 6.13. The van der Waals surface area contributed by atoms with Crippen LogP contribution in [0.1, 0.15) is 18.4 Å². The molecule has 8 nitrogen and oxygen atoms in total. The first kappa shape index (κ1) is 23.4. The SMILES string of the molecule is NC(=O)Cc1ccc(OCC(O)CN2CCCC(Cn3c(=O)[nH]c4ccc(Cl)cc43)C2)cc1. The van der Waals surface area contributed by atoms with E-state index in [0.29, 0.717) is 29.8 Å². The molecule has 3 aromatic rings. The number of nitrogens with one attached hydrogen (secondary N) is 1. The summed E-state index contributed by atoms with van der Waals surface area (Å²) in [5.74, 6) is 0.564. The Balaban J connectivity index is 1.29. The molecule has 33 heavy (non-hydrogen) atoms. The van der Waals surface area contributed by atoms with Crippen LogP contribution in [0, 0.1) is 5.92 Å². The molecule has 1 aliphatic heterocycles. The first-order valence-corrected chi connectivity index (χ1v) is 11.5. The minimum atomic E-state index is -0.635. The summed E-state index contributed by atoms with van der Waals surface area (Å²) in [4.78, 5) is 28.5. The van der Waals surface area contributed by atoms with Crippen LogP contribution in [0.15, 0.2) is 47.3 Å². The molecular weight excluding hydrogens is 444 g/mol. The Hall–Kier alpha value is -2.81. The molecule has 1 amide bonds. The van der Waals surface area contributed by atoms with Crippen LogP contribution in [-0.4, -0.2) is 57.8 Å². The van der Waals surface area contributed by atoms with E-state index in [-0.39, 0.29) is 24.6 Å². The first-order chi connectivity index (χ1) is 15.9. The summed E-state index contributed by atoms with van der Waals surface area (Å²) in [6, 6.07) is 12.5. The normalized spacial score (nSPS) is 17.8. The van der Waals surface area contributed by atoms with Crippen molar-refractivity contribution in [3.8, 4) is 5.75 Å². The van der Waals surface area contributed by atoms with Crippen LogP contribution in [0.3, 0.4) is 0 Å². The molecule has 2 unspecified atom stereocenters. The van der Waals surface area contributed by atoms with Gasteiger partial charge in [-0.05, 0) is 61.2 Å². The van der Waals surface area contributed by atoms with E-state index in [0.717, 1.165) is 42.5 Å². The van der Waals surface area contributed by atoms with Crippen molar-refractivity contribution < 1.29 is 14.6 Å². The number of carbonyl (C=O) groups is 1. The highest BCUT2D eigenvalue weighted by Gasteiger charge is 2.23. The molecule has 1 aliphatic rings. The van der Waals surface area contributed by atoms with Crippen LogP contribution in [0.2, 0.25) is 5.02 Å². The maximum Gasteiger partial charge on any atom is 0.326 e. The van der Waals surface area contributed by atoms with Crippen LogP contribution in [0.4, 0.5) is 0 Å². The zero-order chi connectivity index (χ0) is 23.4. The molecule has 1 aromatic heterocycles. The fourth-order valence-electron chi connectivity index (χ4n) is 4.48. The van der Waals surface area contributed by atoms with E-state index in [4.69, 9.17) is 22.1 Å². The van der Waals surface area contributed by atoms with Crippen LogP contribution in [0.25, 0.3) is 11.0 Å². The third kappa shape index (κ3) is 6.16. The number of β-amino-alcohol motifs (C(OH)–C–C–N with tert-alkyl or cyclic N) is 1. The topological polar surface area (TPSA) is 114 Å². The van der Waals surface area contributed by atoms with E-state index in [1.807, 2.05) is 12.1 Å². The summed E-state index contributed by atoms with van der Waals surface area (Å²) in [6.45, 7) is 3.00. The van der Waals surface area contributed by atoms with Gasteiger partial charge in [0.25, 0.3) is 0 Å². The van der Waals surface area contributed by atoms with Crippen molar-refractivity contribution in [3.63, 3.8) is 0 Å². The average molecular weight is 473 g/mol. The minimum Gasteiger partial charge on any atom is -0.491 e. The molecule has 0 saturated carbocycles. The lowest BCUT2D eigenvalue weighted by atomic mass is 9.97. The van der Waals surface area contributed by atoms with E-state index in [9.17, 15) is 14.7 Å². The monoisotopic (exact) mass is 472 g/mol. The van der Waals surface area contributed by atoms with Gasteiger partial charge < -0.3 is 25.5 Å². The van der Waals surface area contributed by atoms with Crippen molar-refractivity contribution in [1.29, 1.82) is 0 Å². The van der Waals surface area contributed by atoms with E-state index in [1.54, 1.807) is 34.9 Å². The quantitative estimate of drug-likeness (QED) is 0.441. The van der Waals surface area contributed by atoms with Crippen LogP contribution >= 0.6 is 11.6 Å². The second kappa shape index (κ2) is 10.4. The number of hydrogen-bond donors (Lipinski definition) is 3. The molecule has 1 saturated heterocycles. The Morgan fingerprint density at radius 2 is 2.06 bits per heavy atom. The number of hydrogen-bond acceptors (Lipinski definition) is 5. The van der Waals surface area contributed by atoms with Crippen molar-refractivity contribution in [3.05, 3.63) is 63.5 Å². The molecule has 1 fully saturated rings. The van der Waals surface area contributed by atoms with Crippen molar-refractivity contribution in [1.82, 2.24) is 14.5 Å². The molecule has 0 spiro atoms. The first-order valence-electron chi connectivity index (χ1n) is 11.2. The predicted octanol–water partition coefficient (Wildman–Crippen LogP) is 2.16. The molecule has 2 aromatic carbocycles. The Morgan fingerprint density at radius 3 is 2.82 bits per heavy atom. The fourth-order valence-corrected chi connectivity index (χ4v) is 4.65. The van der Waals surface area contributed by atoms with E-state index in [1.165, 1.54) is 0 Å². The van der Waals surface area contributed by atoms with Crippen molar-refractivity contribution in [2.24, 2.45) is 11.7 Å². The summed E-state index contributed by atoms with van der Waals surface area (Å²) < 4.78 is 7.46. The highest BCUT2D eigenvalue weighted by molar-refractivity contribution is 6.31. The largest absolute Gasteiger partial charge is 0.491 e. The highest BCUT2D eigenvalue weighted by Crippen LogP contribution is 2.22. The van der Waals surface area contributed by atoms with Gasteiger partial charge in [0.05, 0.1) is 17.5 Å². The second-order valence-corrected chi connectivity index (χ2v) is 9.16. The number of halogens is 1. The van der Waals surface area contributed by atoms with Gasteiger partial charge in [0.2, 0.25) is 5.91 Å². The molecule has 9 heteroatoms. The number of primary amides is 1. The van der Waals surface area contributed by atoms with Crippen LogP contribution < -0.4 is 16.2 Å². The van der Waals surface area contributed by atoms with E-state index >= 15 is 0 Å². The lowest BCUT2D eigenvalue weighted by Crippen LogP contribution is -2.43. The molecule has 176 valence electrons. The summed E-state index contributed by atoms with van der Waals surface area (Å²) in [5, 5.41) is 11.1. The number of aromatic nitrogens is 2. The number of piperidine rings is 1. The number of ether oxygens (including phenoxy) is 1. The number of benzene rings is 2. The number of nitrogens with zero attached hydrogens (tertiary/aromatic N) is 2. The molecule has 0 bridgehead atoms.